The monoisotopic (exact) mass is 492 g/mol. The minimum Gasteiger partial charge on any atom is -0.481 e. The standard InChI is InChI=1S/C25H31F3N4O3/c1-14(2)12-32(13-15(3)4)21-7-5-16(18-10-19(18)23(33)34)9-20(21)31-24(35)30-17-6-8-22(29-11-17)25(26,27)28/h5-9,11,14-15,18-19H,10,12-13H2,1-4H3,(H,33,34)(H2,30,31,35). The zero-order valence-electron chi connectivity index (χ0n) is 20.2. The van der Waals surface area contributed by atoms with E-state index in [1.54, 1.807) is 6.07 Å². The predicted octanol–water partition coefficient (Wildman–Crippen LogP) is 6.05. The highest BCUT2D eigenvalue weighted by Gasteiger charge is 2.44. The molecule has 1 saturated carbocycles. The quantitative estimate of drug-likeness (QED) is 0.396. The maximum Gasteiger partial charge on any atom is 0.433 e. The van der Waals surface area contributed by atoms with Gasteiger partial charge in [-0.2, -0.15) is 13.2 Å². The molecule has 1 aromatic carbocycles. The first-order chi connectivity index (χ1) is 16.3. The summed E-state index contributed by atoms with van der Waals surface area (Å²) in [4.78, 5) is 29.7. The second kappa shape index (κ2) is 10.5. The first-order valence-electron chi connectivity index (χ1n) is 11.6. The van der Waals surface area contributed by atoms with Crippen molar-refractivity contribution < 1.29 is 27.9 Å². The fourth-order valence-electron chi connectivity index (χ4n) is 4.07. The van der Waals surface area contributed by atoms with Gasteiger partial charge in [0, 0.05) is 13.1 Å². The number of nitrogens with one attached hydrogen (secondary N) is 2. The number of nitrogens with zero attached hydrogens (tertiary/aromatic N) is 2. The highest BCUT2D eigenvalue weighted by molar-refractivity contribution is 6.02. The van der Waals surface area contributed by atoms with E-state index < -0.39 is 29.8 Å². The average molecular weight is 493 g/mol. The van der Waals surface area contributed by atoms with Gasteiger partial charge in [-0.15, -0.1) is 0 Å². The van der Waals surface area contributed by atoms with Gasteiger partial charge in [-0.25, -0.2) is 9.78 Å². The number of benzene rings is 1. The summed E-state index contributed by atoms with van der Waals surface area (Å²) >= 11 is 0. The van der Waals surface area contributed by atoms with Gasteiger partial charge < -0.3 is 20.6 Å². The molecular weight excluding hydrogens is 461 g/mol. The number of urea groups is 1. The van der Waals surface area contributed by atoms with Crippen LogP contribution in [0, 0.1) is 17.8 Å². The van der Waals surface area contributed by atoms with E-state index in [1.807, 2.05) is 12.1 Å². The third-order valence-corrected chi connectivity index (χ3v) is 5.63. The van der Waals surface area contributed by atoms with Crippen LogP contribution in [0.25, 0.3) is 0 Å². The van der Waals surface area contributed by atoms with Crippen molar-refractivity contribution in [2.24, 2.45) is 17.8 Å². The maximum absolute atomic E-state index is 12.8. The number of rotatable bonds is 9. The van der Waals surface area contributed by atoms with Crippen LogP contribution in [0.1, 0.15) is 51.3 Å². The molecule has 0 saturated heterocycles. The van der Waals surface area contributed by atoms with Crippen LogP contribution in [-0.2, 0) is 11.0 Å². The molecule has 1 fully saturated rings. The zero-order valence-corrected chi connectivity index (χ0v) is 20.2. The minimum absolute atomic E-state index is 0.113. The molecule has 2 atom stereocenters. The summed E-state index contributed by atoms with van der Waals surface area (Å²) in [6.07, 6.45) is -3.08. The smallest absolute Gasteiger partial charge is 0.433 e. The van der Waals surface area contributed by atoms with Crippen LogP contribution >= 0.6 is 0 Å². The molecule has 1 heterocycles. The molecule has 3 N–H and O–H groups in total. The Bertz CT molecular complexity index is 1040. The Balaban J connectivity index is 1.86. The van der Waals surface area contributed by atoms with Gasteiger partial charge in [0.15, 0.2) is 0 Å². The number of pyridine rings is 1. The lowest BCUT2D eigenvalue weighted by molar-refractivity contribution is -0.141. The molecule has 2 unspecified atom stereocenters. The summed E-state index contributed by atoms with van der Waals surface area (Å²) in [7, 11) is 0. The van der Waals surface area contributed by atoms with Crippen molar-refractivity contribution in [1.29, 1.82) is 0 Å². The van der Waals surface area contributed by atoms with Gasteiger partial charge in [0.1, 0.15) is 5.69 Å². The van der Waals surface area contributed by atoms with Gasteiger partial charge in [-0.05, 0) is 54.0 Å². The Hall–Kier alpha value is -3.30. The van der Waals surface area contributed by atoms with Crippen LogP contribution in [0.5, 0.6) is 0 Å². The van der Waals surface area contributed by atoms with Crippen molar-refractivity contribution in [3.05, 3.63) is 47.8 Å². The van der Waals surface area contributed by atoms with Crippen LogP contribution in [0.15, 0.2) is 36.5 Å². The van der Waals surface area contributed by atoms with Crippen molar-refractivity contribution in [1.82, 2.24) is 4.98 Å². The van der Waals surface area contributed by atoms with Crippen LogP contribution in [0.2, 0.25) is 0 Å². The molecule has 2 aromatic rings. The van der Waals surface area contributed by atoms with E-state index in [0.717, 1.165) is 42.7 Å². The number of carboxylic acid groups (broad SMARTS) is 1. The van der Waals surface area contributed by atoms with E-state index in [2.05, 4.69) is 48.2 Å². The number of carbonyl (C=O) groups excluding carboxylic acids is 1. The number of hydrogen-bond donors (Lipinski definition) is 3. The second-order valence-electron chi connectivity index (χ2n) is 9.77. The molecule has 0 bridgehead atoms. The van der Waals surface area contributed by atoms with Crippen LogP contribution in [0.4, 0.5) is 35.0 Å². The number of hydrogen-bond acceptors (Lipinski definition) is 4. The molecule has 10 heteroatoms. The van der Waals surface area contributed by atoms with Gasteiger partial charge in [0.05, 0.1) is 29.2 Å². The number of anilines is 3. The Morgan fingerprint density at radius 1 is 1.09 bits per heavy atom. The van der Waals surface area contributed by atoms with E-state index in [9.17, 15) is 27.9 Å². The number of aromatic nitrogens is 1. The van der Waals surface area contributed by atoms with Crippen LogP contribution < -0.4 is 15.5 Å². The first-order valence-corrected chi connectivity index (χ1v) is 11.6. The van der Waals surface area contributed by atoms with E-state index in [1.165, 1.54) is 0 Å². The lowest BCUT2D eigenvalue weighted by Gasteiger charge is -2.30. The van der Waals surface area contributed by atoms with Crippen molar-refractivity contribution in [3.63, 3.8) is 0 Å². The Morgan fingerprint density at radius 3 is 2.23 bits per heavy atom. The summed E-state index contributed by atoms with van der Waals surface area (Å²) < 4.78 is 38.3. The fraction of sp³-hybridized carbons (Fsp3) is 0.480. The summed E-state index contributed by atoms with van der Waals surface area (Å²) in [5, 5.41) is 14.6. The van der Waals surface area contributed by atoms with Gasteiger partial charge in [-0.3, -0.25) is 4.79 Å². The Labute approximate surface area is 202 Å². The van der Waals surface area contributed by atoms with Gasteiger partial charge >= 0.3 is 18.2 Å². The number of carbonyl (C=O) groups is 2. The Kier molecular flexibility index (Phi) is 7.92. The third-order valence-electron chi connectivity index (χ3n) is 5.63. The van der Waals surface area contributed by atoms with E-state index in [0.29, 0.717) is 23.9 Å². The van der Waals surface area contributed by atoms with Crippen molar-refractivity contribution in [2.45, 2.75) is 46.2 Å². The molecule has 190 valence electrons. The largest absolute Gasteiger partial charge is 0.481 e. The van der Waals surface area contributed by atoms with E-state index >= 15 is 0 Å². The lowest BCUT2D eigenvalue weighted by Crippen LogP contribution is -2.32. The molecule has 1 aliphatic rings. The number of halogens is 3. The zero-order chi connectivity index (χ0) is 25.9. The van der Waals surface area contributed by atoms with Gasteiger partial charge in [-0.1, -0.05) is 33.8 Å². The number of alkyl halides is 3. The molecule has 1 aromatic heterocycles. The van der Waals surface area contributed by atoms with Crippen LogP contribution in [0.3, 0.4) is 0 Å². The SMILES string of the molecule is CC(C)CN(CC(C)C)c1ccc(C2CC2C(=O)O)cc1NC(=O)Nc1ccc(C(F)(F)F)nc1. The molecule has 7 nitrogen and oxygen atoms in total. The molecular formula is C25H31F3N4O3. The first kappa shape index (κ1) is 26.3. The predicted molar refractivity (Wildman–Crippen MR) is 129 cm³/mol. The van der Waals surface area contributed by atoms with Crippen molar-refractivity contribution >= 4 is 29.1 Å². The highest BCUT2D eigenvalue weighted by Crippen LogP contribution is 2.49. The summed E-state index contributed by atoms with van der Waals surface area (Å²) in [6.45, 7) is 9.89. The number of carboxylic acids is 1. The fourth-order valence-corrected chi connectivity index (χ4v) is 4.07. The van der Waals surface area contributed by atoms with Gasteiger partial charge in [0.25, 0.3) is 0 Å². The topological polar surface area (TPSA) is 94.6 Å². The molecule has 2 amide bonds. The summed E-state index contributed by atoms with van der Waals surface area (Å²) in [6, 6.07) is 6.89. The molecule has 0 radical (unpaired) electrons. The normalized spacial score (nSPS) is 17.4. The van der Waals surface area contributed by atoms with Crippen molar-refractivity contribution in [3.8, 4) is 0 Å². The third kappa shape index (κ3) is 7.10. The van der Waals surface area contributed by atoms with Gasteiger partial charge in [0.2, 0.25) is 0 Å². The molecule has 0 spiro atoms. The molecule has 3 rings (SSSR count). The van der Waals surface area contributed by atoms with E-state index in [-0.39, 0.29) is 11.6 Å². The van der Waals surface area contributed by atoms with E-state index in [4.69, 9.17) is 0 Å². The maximum atomic E-state index is 12.8. The second-order valence-corrected chi connectivity index (χ2v) is 9.77. The molecule has 35 heavy (non-hydrogen) atoms. The molecule has 1 aliphatic carbocycles. The molecule has 0 aliphatic heterocycles. The van der Waals surface area contributed by atoms with Crippen molar-refractivity contribution in [2.75, 3.05) is 28.6 Å². The average Bonchev–Trinajstić information content (AvgIpc) is 3.53. The Morgan fingerprint density at radius 2 is 1.74 bits per heavy atom. The summed E-state index contributed by atoms with van der Waals surface area (Å²) in [5.41, 5.74) is 1.19. The highest BCUT2D eigenvalue weighted by atomic mass is 19.4. The number of amides is 2. The van der Waals surface area contributed by atoms with Crippen LogP contribution in [-0.4, -0.2) is 35.2 Å². The minimum atomic E-state index is -4.57. The summed E-state index contributed by atoms with van der Waals surface area (Å²) in [5.74, 6) is -0.695. The number of aliphatic carboxylic acids is 1. The lowest BCUT2D eigenvalue weighted by atomic mass is 10.0.